The number of carbonyl (C=O) groups is 18. The first-order chi connectivity index (χ1) is 51.2. The Balaban J connectivity index is 3.01. The quantitative estimate of drug-likeness (QED) is 0.0127. The molecule has 0 saturated heterocycles. The van der Waals surface area contributed by atoms with Gasteiger partial charge in [-0.25, -0.2) is 0 Å². The minimum Gasteiger partial charge on any atom is -0.370 e. The molecule has 109 heavy (non-hydrogen) atoms. The first kappa shape index (κ1) is 95.5. The fourth-order valence-corrected chi connectivity index (χ4v) is 10.8. The number of aromatic amines is 1. The smallest absolute Gasteiger partial charge is 0.258 e. The monoisotopic (exact) mass is 1540 g/mol. The van der Waals surface area contributed by atoms with E-state index in [-0.39, 0.29) is 44.6 Å². The number of H-pyrrole nitrogens is 1. The van der Waals surface area contributed by atoms with Gasteiger partial charge in [0.25, 0.3) is 29.5 Å². The van der Waals surface area contributed by atoms with Crippen LogP contribution in [0.5, 0.6) is 0 Å². The molecule has 1 aromatic heterocycles. The average molecular weight is 1540 g/mol. The number of ketones is 6. The van der Waals surface area contributed by atoms with Gasteiger partial charge in [0.15, 0.2) is 71.2 Å². The van der Waals surface area contributed by atoms with Crippen molar-refractivity contribution in [2.75, 3.05) is 27.7 Å². The molecular formula is C69H114N22O18. The van der Waals surface area contributed by atoms with Crippen molar-refractivity contribution in [3.63, 3.8) is 0 Å². The predicted octanol–water partition coefficient (Wildman–Crippen LogP) is -8.72. The van der Waals surface area contributed by atoms with Crippen molar-refractivity contribution in [2.45, 2.75) is 230 Å². The Morgan fingerprint density at radius 1 is 0.505 bits per heavy atom. The number of nitrogens with two attached hydrogens (primary N) is 7. The van der Waals surface area contributed by atoms with Gasteiger partial charge in [-0.15, -0.1) is 0 Å². The molecule has 0 saturated carbocycles. The number of primary amides is 1. The highest BCUT2D eigenvalue weighted by Gasteiger charge is 2.44. The lowest BCUT2D eigenvalue weighted by atomic mass is 9.91. The van der Waals surface area contributed by atoms with E-state index in [1.54, 1.807) is 65.1 Å². The van der Waals surface area contributed by atoms with E-state index in [0.717, 1.165) is 14.0 Å². The van der Waals surface area contributed by atoms with Gasteiger partial charge in [0.05, 0.1) is 48.3 Å². The topological polar surface area (TPSA) is 674 Å². The zero-order valence-corrected chi connectivity index (χ0v) is 63.8. The van der Waals surface area contributed by atoms with E-state index >= 15 is 19.2 Å². The molecule has 0 spiro atoms. The summed E-state index contributed by atoms with van der Waals surface area (Å²) >= 11 is 0. The first-order valence-electron chi connectivity index (χ1n) is 35.9. The van der Waals surface area contributed by atoms with Crippen LogP contribution >= 0.6 is 0 Å². The van der Waals surface area contributed by atoms with E-state index in [0.29, 0.717) is 35.5 Å². The van der Waals surface area contributed by atoms with Crippen LogP contribution in [0.4, 0.5) is 0 Å². The molecule has 2 rings (SSSR count). The molecule has 0 aliphatic carbocycles. The van der Waals surface area contributed by atoms with Crippen molar-refractivity contribution in [3.05, 3.63) is 36.0 Å². The van der Waals surface area contributed by atoms with Gasteiger partial charge in [0, 0.05) is 50.3 Å². The number of Topliss-reactive ketones (excluding diaryl/α,β-unsaturated/α-hetero) is 6. The van der Waals surface area contributed by atoms with Crippen LogP contribution in [0.3, 0.4) is 0 Å². The van der Waals surface area contributed by atoms with Crippen molar-refractivity contribution in [1.29, 1.82) is 0 Å². The normalized spacial score (nSPS) is 16.4. The Morgan fingerprint density at radius 3 is 1.37 bits per heavy atom. The zero-order chi connectivity index (χ0) is 82.9. The average Bonchev–Trinajstić information content (AvgIpc) is 1.67. The molecule has 29 N–H and O–H groups in total. The number of hydrogen-bond acceptors (Lipinski definition) is 29. The lowest BCUT2D eigenvalue weighted by Gasteiger charge is -2.30. The standard InChI is InChI=1S/C69H114N22O18/c1-13-32(5)49(73)57(100)53(82-36(9)94)66(107)91-60(84-39(30-93)25-37-28-81-43-20-16-15-18-40(37)43)68(109)89-54(58(101)50(74)33(6)14-2)65(106)85-44(26-46(95)34(7)77-10)61(102)87-52(56(99)42(71)21-22-48(72)97)64(105)86-45(27-47(96)35(8)78-11)62(103)90-59(83-38(29-92)24-31(3)4)67(108)88-51(63(104)79-12)55(98)41(70)19-17-23-80-69(75)76/h15-16,18,20,28-35,38-39,41-42,44-45,49-54,59-60,69,77-78,80-81,83-84H,13-14,17,19,21-27,70-71,73-76H2,1-12H3,(H2,72,97)(H,79,104)(H,82,94)(H,85,106)(H,86,105)(H,87,102)(H,88,108)(H,89,109)(H,90,103)(H,91,107)/t32-,33-,34-,35-,38-,39-,41-,42-,44?,45?,49?,50?,51?,52?,53?,54?,59?,60?/m0/s1. The number of carbonyl (C=O) groups excluding carboxylic acids is 18. The molecule has 0 radical (unpaired) electrons. The summed E-state index contributed by atoms with van der Waals surface area (Å²) < 4.78 is 0. The summed E-state index contributed by atoms with van der Waals surface area (Å²) in [5.74, 6) is -21.6. The largest absolute Gasteiger partial charge is 0.370 e. The van der Waals surface area contributed by atoms with Crippen LogP contribution in [0.15, 0.2) is 30.5 Å². The summed E-state index contributed by atoms with van der Waals surface area (Å²) in [6.45, 7) is 13.7. The predicted molar refractivity (Wildman–Crippen MR) is 398 cm³/mol. The number of hydrogen-bond donors (Lipinski definition) is 22. The minimum atomic E-state index is -2.66. The number of amides is 10. The fourth-order valence-electron chi connectivity index (χ4n) is 10.8. The third-order valence-corrected chi connectivity index (χ3v) is 18.3. The third-order valence-electron chi connectivity index (χ3n) is 18.3. The molecule has 0 fully saturated rings. The maximum Gasteiger partial charge on any atom is 0.258 e. The molecular weight excluding hydrogens is 1420 g/mol. The molecule has 10 unspecified atom stereocenters. The summed E-state index contributed by atoms with van der Waals surface area (Å²) in [6.07, 6.45) is -5.84. The van der Waals surface area contributed by atoms with Crippen molar-refractivity contribution < 1.29 is 86.3 Å². The Kier molecular flexibility index (Phi) is 41.5. The van der Waals surface area contributed by atoms with E-state index in [4.69, 9.17) is 40.1 Å². The minimum absolute atomic E-state index is 0.00200. The fraction of sp³-hybridized carbons (Fsp3) is 0.623. The summed E-state index contributed by atoms with van der Waals surface area (Å²) in [6, 6.07) is -18.2. The second kappa shape index (κ2) is 47.3. The summed E-state index contributed by atoms with van der Waals surface area (Å²) in [7, 11) is 3.83. The highest BCUT2D eigenvalue weighted by atomic mass is 16.2. The lowest BCUT2D eigenvalue weighted by Crippen LogP contribution is -2.67. The van der Waals surface area contributed by atoms with Crippen LogP contribution < -0.4 is 115 Å². The second-order valence-corrected chi connectivity index (χ2v) is 27.2. The van der Waals surface area contributed by atoms with E-state index < -0.39 is 234 Å². The number of rotatable bonds is 54. The number of nitrogens with one attached hydrogen (secondary N) is 15. The molecule has 0 bridgehead atoms. The van der Waals surface area contributed by atoms with Crippen LogP contribution in [0.1, 0.15) is 126 Å². The van der Waals surface area contributed by atoms with E-state index in [2.05, 4.69) is 79.4 Å². The van der Waals surface area contributed by atoms with Gasteiger partial charge >= 0.3 is 0 Å². The summed E-state index contributed by atoms with van der Waals surface area (Å²) in [4.78, 5) is 256. The maximum absolute atomic E-state index is 15.2. The highest BCUT2D eigenvalue weighted by molar-refractivity contribution is 6.15. The molecule has 2 aromatic rings. The van der Waals surface area contributed by atoms with Crippen LogP contribution in [0.2, 0.25) is 0 Å². The van der Waals surface area contributed by atoms with Gasteiger partial charge < -0.3 is 113 Å². The number of benzene rings is 1. The number of aromatic nitrogens is 1. The second-order valence-electron chi connectivity index (χ2n) is 27.2. The molecule has 1 heterocycles. The SMILES string of the molecule is CC[C@H](C)C(N)C(=O)C(NC(C)=O)C(=O)NC(N[C@H](C=O)Cc1c[nH]c2ccccc12)C(=O)NC(C(=O)NC(CC(=O)[C@H](C)NC)C(=O)NC(C(=O)NC(CC(=O)[C@H](C)NC)C(=O)NC(N[C@H](C=O)CC(C)C)C(=O)NC(C(=O)NC)C(=O)[C@@H](N)CCCNC(N)N)C(=O)[C@@H](N)CCC(N)=O)C(=O)C(N)[C@@H](C)CC. The van der Waals surface area contributed by atoms with E-state index in [1.165, 1.54) is 34.9 Å². The molecule has 1 aromatic carbocycles. The number of likely N-dealkylation sites (N-methyl/N-ethyl adjacent to an activating group) is 3. The molecule has 40 heteroatoms. The Labute approximate surface area is 632 Å². The van der Waals surface area contributed by atoms with Gasteiger partial charge in [-0.3, -0.25) is 92.7 Å². The Hall–Kier alpha value is -9.62. The molecule has 0 aliphatic heterocycles. The first-order valence-corrected chi connectivity index (χ1v) is 35.9. The van der Waals surface area contributed by atoms with E-state index in [1.807, 2.05) is 0 Å². The van der Waals surface area contributed by atoms with Crippen LogP contribution in [0, 0.1) is 17.8 Å². The van der Waals surface area contributed by atoms with Crippen LogP contribution in [-0.2, 0) is 92.7 Å². The number of aldehydes is 2. The van der Waals surface area contributed by atoms with Crippen molar-refractivity contribution in [3.8, 4) is 0 Å². The molecule has 40 nitrogen and oxygen atoms in total. The van der Waals surface area contributed by atoms with Gasteiger partial charge in [-0.05, 0) is 96.0 Å². The maximum atomic E-state index is 15.2. The molecule has 18 atom stereocenters. The lowest BCUT2D eigenvalue weighted by molar-refractivity contribution is -0.141. The van der Waals surface area contributed by atoms with Gasteiger partial charge in [-0.2, -0.15) is 0 Å². The van der Waals surface area contributed by atoms with Gasteiger partial charge in [-0.1, -0.05) is 72.6 Å². The Bertz CT molecular complexity index is 3520. The highest BCUT2D eigenvalue weighted by Crippen LogP contribution is 2.20. The Morgan fingerprint density at radius 2 is 0.927 bits per heavy atom. The molecule has 608 valence electrons. The number of fused-ring (bicyclic) bond motifs is 1. The number of para-hydroxylation sites is 1. The van der Waals surface area contributed by atoms with Crippen LogP contribution in [-0.4, -0.2) is 242 Å². The summed E-state index contributed by atoms with van der Waals surface area (Å²) in [5.41, 5.74) is 42.8. The third kappa shape index (κ3) is 30.8. The molecule has 10 amide bonds. The van der Waals surface area contributed by atoms with Gasteiger partial charge in [0.1, 0.15) is 30.9 Å². The molecule has 0 aliphatic rings. The van der Waals surface area contributed by atoms with Crippen molar-refractivity contribution in [2.24, 2.45) is 57.9 Å². The van der Waals surface area contributed by atoms with Gasteiger partial charge in [0.2, 0.25) is 29.5 Å². The van der Waals surface area contributed by atoms with E-state index in [9.17, 15) is 67.1 Å². The van der Waals surface area contributed by atoms with Crippen molar-refractivity contribution >= 4 is 117 Å². The zero-order valence-electron chi connectivity index (χ0n) is 63.8. The summed E-state index contributed by atoms with van der Waals surface area (Å²) in [5, 5.41) is 33.9. The van der Waals surface area contributed by atoms with Crippen molar-refractivity contribution in [1.82, 2.24) is 79.4 Å². The van der Waals surface area contributed by atoms with Crippen LogP contribution in [0.25, 0.3) is 10.9 Å².